The van der Waals surface area contributed by atoms with Crippen LogP contribution in [-0.4, -0.2) is 24.0 Å². The zero-order valence-electron chi connectivity index (χ0n) is 16.4. The molecule has 0 amide bonds. The first-order valence-electron chi connectivity index (χ1n) is 9.31. The molecule has 142 valence electrons. The molecular weight excluding hydrogens is 338 g/mol. The average Bonchev–Trinajstić information content (AvgIpc) is 2.94. The predicted octanol–water partition coefficient (Wildman–Crippen LogP) is 5.15. The lowest BCUT2D eigenvalue weighted by Gasteiger charge is -2.39. The van der Waals surface area contributed by atoms with Crippen molar-refractivity contribution in [3.63, 3.8) is 0 Å². The summed E-state index contributed by atoms with van der Waals surface area (Å²) in [5, 5.41) is 13.4. The molecule has 0 saturated heterocycles. The van der Waals surface area contributed by atoms with E-state index in [1.807, 2.05) is 49.4 Å². The Bertz CT molecular complexity index is 840. The van der Waals surface area contributed by atoms with Crippen molar-refractivity contribution < 1.29 is 14.7 Å². The van der Waals surface area contributed by atoms with E-state index < -0.39 is 5.41 Å². The highest BCUT2D eigenvalue weighted by molar-refractivity contribution is 6.03. The number of carbonyl (C=O) groups is 1. The molecule has 1 saturated carbocycles. The van der Waals surface area contributed by atoms with Gasteiger partial charge in [-0.25, -0.2) is 0 Å². The maximum absolute atomic E-state index is 12.4. The highest BCUT2D eigenvalue weighted by Gasteiger charge is 2.58. The summed E-state index contributed by atoms with van der Waals surface area (Å²) in [4.78, 5) is 12.4. The van der Waals surface area contributed by atoms with Crippen molar-refractivity contribution in [2.45, 2.75) is 33.6 Å². The molecule has 0 aromatic heterocycles. The Kier molecular flexibility index (Phi) is 5.09. The van der Waals surface area contributed by atoms with Crippen molar-refractivity contribution >= 4 is 11.7 Å². The van der Waals surface area contributed by atoms with E-state index >= 15 is 0 Å². The maximum atomic E-state index is 12.4. The average molecular weight is 365 g/mol. The number of esters is 1. The molecule has 2 aromatic carbocycles. The van der Waals surface area contributed by atoms with Gasteiger partial charge in [-0.2, -0.15) is 0 Å². The number of hydrogen-bond acceptors (Lipinski definition) is 4. The van der Waals surface area contributed by atoms with E-state index in [-0.39, 0.29) is 17.3 Å². The SMILES string of the molecule is COC(=O)C1(C)CCC(/C(=N/O)c2ccc(-c3ccccc3)cc2)C1(C)C. The number of methoxy groups -OCH3 is 1. The lowest BCUT2D eigenvalue weighted by Crippen LogP contribution is -2.43. The predicted molar refractivity (Wildman–Crippen MR) is 107 cm³/mol. The fraction of sp³-hybridized carbons (Fsp3) is 0.391. The van der Waals surface area contributed by atoms with Gasteiger partial charge in [0.25, 0.3) is 0 Å². The van der Waals surface area contributed by atoms with Crippen LogP contribution in [0.1, 0.15) is 39.2 Å². The van der Waals surface area contributed by atoms with Gasteiger partial charge in [-0.05, 0) is 41.9 Å². The van der Waals surface area contributed by atoms with Gasteiger partial charge in [0.05, 0.1) is 18.2 Å². The summed E-state index contributed by atoms with van der Waals surface area (Å²) in [5.41, 5.74) is 2.77. The summed E-state index contributed by atoms with van der Waals surface area (Å²) in [6.07, 6.45) is 1.48. The normalized spacial score (nSPS) is 24.6. The molecule has 1 fully saturated rings. The van der Waals surface area contributed by atoms with E-state index in [1.165, 1.54) is 7.11 Å². The first-order valence-corrected chi connectivity index (χ1v) is 9.31. The lowest BCUT2D eigenvalue weighted by atomic mass is 9.64. The van der Waals surface area contributed by atoms with Crippen molar-refractivity contribution in [2.24, 2.45) is 21.9 Å². The summed E-state index contributed by atoms with van der Waals surface area (Å²) < 4.78 is 5.06. The Morgan fingerprint density at radius 2 is 1.63 bits per heavy atom. The van der Waals surface area contributed by atoms with Crippen LogP contribution in [0, 0.1) is 16.7 Å². The standard InChI is InChI=1S/C23H27NO3/c1-22(2)19(14-15-23(22,3)21(25)27-4)20(24-26)18-12-10-17(11-13-18)16-8-6-5-7-9-16/h5-13,19,26H,14-15H2,1-4H3/b24-20+. The molecule has 1 aliphatic carbocycles. The molecule has 1 N–H and O–H groups in total. The van der Waals surface area contributed by atoms with Crippen LogP contribution in [0.25, 0.3) is 11.1 Å². The molecule has 0 spiro atoms. The molecule has 1 aliphatic rings. The van der Waals surface area contributed by atoms with Gasteiger partial charge in [0.1, 0.15) is 0 Å². The number of hydrogen-bond donors (Lipinski definition) is 1. The summed E-state index contributed by atoms with van der Waals surface area (Å²) in [7, 11) is 1.43. The molecule has 27 heavy (non-hydrogen) atoms. The van der Waals surface area contributed by atoms with Gasteiger partial charge < -0.3 is 9.94 Å². The minimum absolute atomic E-state index is 0.0332. The van der Waals surface area contributed by atoms with Crippen molar-refractivity contribution in [1.29, 1.82) is 0 Å². The van der Waals surface area contributed by atoms with E-state index in [9.17, 15) is 10.0 Å². The molecule has 2 aromatic rings. The molecule has 0 radical (unpaired) electrons. The van der Waals surface area contributed by atoms with Crippen LogP contribution in [0.2, 0.25) is 0 Å². The summed E-state index contributed by atoms with van der Waals surface area (Å²) >= 11 is 0. The summed E-state index contributed by atoms with van der Waals surface area (Å²) in [6, 6.07) is 18.2. The molecule has 3 rings (SSSR count). The van der Waals surface area contributed by atoms with Gasteiger partial charge in [0, 0.05) is 5.92 Å². The highest BCUT2D eigenvalue weighted by atomic mass is 16.5. The van der Waals surface area contributed by atoms with Gasteiger partial charge in [-0.1, -0.05) is 73.6 Å². The van der Waals surface area contributed by atoms with E-state index in [2.05, 4.69) is 31.1 Å². The van der Waals surface area contributed by atoms with Crippen LogP contribution in [0.5, 0.6) is 0 Å². The van der Waals surface area contributed by atoms with Crippen molar-refractivity contribution in [1.82, 2.24) is 0 Å². The van der Waals surface area contributed by atoms with E-state index in [1.54, 1.807) is 0 Å². The topological polar surface area (TPSA) is 58.9 Å². The second-order valence-electron chi connectivity index (χ2n) is 8.07. The number of oxime groups is 1. The second kappa shape index (κ2) is 7.18. The van der Waals surface area contributed by atoms with Crippen molar-refractivity contribution in [2.75, 3.05) is 7.11 Å². The Labute approximate surface area is 160 Å². The third-order valence-electron chi connectivity index (χ3n) is 6.59. The highest BCUT2D eigenvalue weighted by Crippen LogP contribution is 2.57. The van der Waals surface area contributed by atoms with Crippen LogP contribution in [0.15, 0.2) is 59.8 Å². The third-order valence-corrected chi connectivity index (χ3v) is 6.59. The fourth-order valence-corrected chi connectivity index (χ4v) is 4.36. The molecule has 2 unspecified atom stereocenters. The number of ether oxygens (including phenoxy) is 1. The van der Waals surface area contributed by atoms with Crippen molar-refractivity contribution in [3.8, 4) is 11.1 Å². The maximum Gasteiger partial charge on any atom is 0.312 e. The van der Waals surface area contributed by atoms with Crippen LogP contribution in [0.3, 0.4) is 0 Å². The fourth-order valence-electron chi connectivity index (χ4n) is 4.36. The first-order chi connectivity index (χ1) is 12.8. The smallest absolute Gasteiger partial charge is 0.312 e. The minimum Gasteiger partial charge on any atom is -0.469 e. The zero-order chi connectivity index (χ0) is 19.7. The van der Waals surface area contributed by atoms with Crippen LogP contribution in [0.4, 0.5) is 0 Å². The Hall–Kier alpha value is -2.62. The number of nitrogens with zero attached hydrogens (tertiary/aromatic N) is 1. The van der Waals surface area contributed by atoms with Gasteiger partial charge in [-0.15, -0.1) is 0 Å². The molecule has 2 atom stereocenters. The number of rotatable bonds is 4. The minimum atomic E-state index is -0.605. The van der Waals surface area contributed by atoms with Crippen molar-refractivity contribution in [3.05, 3.63) is 60.2 Å². The summed E-state index contributed by atoms with van der Waals surface area (Å²) in [5.74, 6) is -0.235. The van der Waals surface area contributed by atoms with Gasteiger partial charge in [-0.3, -0.25) is 4.79 Å². The zero-order valence-corrected chi connectivity index (χ0v) is 16.4. The Morgan fingerprint density at radius 3 is 2.19 bits per heavy atom. The largest absolute Gasteiger partial charge is 0.469 e. The first kappa shape index (κ1) is 19.2. The molecule has 4 heteroatoms. The van der Waals surface area contributed by atoms with E-state index in [0.717, 1.165) is 23.1 Å². The van der Waals surface area contributed by atoms with Crippen LogP contribution >= 0.6 is 0 Å². The third kappa shape index (κ3) is 3.14. The van der Waals surface area contributed by atoms with E-state index in [4.69, 9.17) is 4.74 Å². The molecule has 0 heterocycles. The van der Waals surface area contributed by atoms with Gasteiger partial charge >= 0.3 is 5.97 Å². The number of benzene rings is 2. The second-order valence-corrected chi connectivity index (χ2v) is 8.07. The monoisotopic (exact) mass is 365 g/mol. The molecular formula is C23H27NO3. The Morgan fingerprint density at radius 1 is 1.04 bits per heavy atom. The summed E-state index contributed by atoms with van der Waals surface area (Å²) in [6.45, 7) is 6.07. The lowest BCUT2D eigenvalue weighted by molar-refractivity contribution is -0.157. The molecule has 0 bridgehead atoms. The quantitative estimate of drug-likeness (QED) is 0.353. The molecule has 4 nitrogen and oxygen atoms in total. The van der Waals surface area contributed by atoms with Crippen LogP contribution in [-0.2, 0) is 9.53 Å². The number of carbonyl (C=O) groups excluding carboxylic acids is 1. The van der Waals surface area contributed by atoms with Crippen LogP contribution < -0.4 is 0 Å². The van der Waals surface area contributed by atoms with Gasteiger partial charge in [0.15, 0.2) is 0 Å². The Balaban J connectivity index is 1.91. The van der Waals surface area contributed by atoms with E-state index in [0.29, 0.717) is 12.1 Å². The molecule has 0 aliphatic heterocycles. The van der Waals surface area contributed by atoms with Gasteiger partial charge in [0.2, 0.25) is 0 Å².